The van der Waals surface area contributed by atoms with Crippen LogP contribution in [-0.2, 0) is 12.7 Å². The smallest absolute Gasteiger partial charge is 0.388 e. The molecule has 0 saturated carbocycles. The lowest BCUT2D eigenvalue weighted by molar-refractivity contribution is -0.137. The number of benzene rings is 2. The van der Waals surface area contributed by atoms with Gasteiger partial charge in [-0.15, -0.1) is 0 Å². The highest BCUT2D eigenvalue weighted by Gasteiger charge is 2.29. The number of rotatable bonds is 4. The summed E-state index contributed by atoms with van der Waals surface area (Å²) < 4.78 is 37.3. The van der Waals surface area contributed by atoms with Crippen molar-refractivity contribution in [2.45, 2.75) is 12.7 Å². The SMILES string of the molecule is CNc1ccc(NCc2ccc(C(F)(F)F)cc2)cc1. The van der Waals surface area contributed by atoms with Gasteiger partial charge in [-0.2, -0.15) is 13.2 Å². The summed E-state index contributed by atoms with van der Waals surface area (Å²) in [6.07, 6.45) is -4.28. The summed E-state index contributed by atoms with van der Waals surface area (Å²) in [7, 11) is 1.84. The molecule has 0 amide bonds. The lowest BCUT2D eigenvalue weighted by Gasteiger charge is -2.10. The fourth-order valence-electron chi connectivity index (χ4n) is 1.77. The van der Waals surface area contributed by atoms with Crippen LogP contribution in [-0.4, -0.2) is 7.05 Å². The highest BCUT2D eigenvalue weighted by molar-refractivity contribution is 5.53. The van der Waals surface area contributed by atoms with E-state index in [4.69, 9.17) is 0 Å². The molecular weight excluding hydrogens is 265 g/mol. The molecule has 5 heteroatoms. The summed E-state index contributed by atoms with van der Waals surface area (Å²) in [4.78, 5) is 0. The highest BCUT2D eigenvalue weighted by atomic mass is 19.4. The first-order valence-corrected chi connectivity index (χ1v) is 6.17. The second kappa shape index (κ2) is 5.86. The first-order chi connectivity index (χ1) is 9.49. The largest absolute Gasteiger partial charge is 0.416 e. The van der Waals surface area contributed by atoms with Gasteiger partial charge < -0.3 is 10.6 Å². The number of anilines is 2. The van der Waals surface area contributed by atoms with Crippen molar-refractivity contribution in [3.05, 3.63) is 59.7 Å². The van der Waals surface area contributed by atoms with Crippen LogP contribution in [0.1, 0.15) is 11.1 Å². The predicted molar refractivity (Wildman–Crippen MR) is 74.8 cm³/mol. The molecule has 0 fully saturated rings. The minimum absolute atomic E-state index is 0.483. The maximum atomic E-state index is 12.4. The average molecular weight is 280 g/mol. The van der Waals surface area contributed by atoms with Crippen LogP contribution in [0.15, 0.2) is 48.5 Å². The van der Waals surface area contributed by atoms with Crippen LogP contribution in [0.3, 0.4) is 0 Å². The van der Waals surface area contributed by atoms with E-state index in [-0.39, 0.29) is 0 Å². The third kappa shape index (κ3) is 3.66. The van der Waals surface area contributed by atoms with Gasteiger partial charge in [-0.05, 0) is 42.0 Å². The van der Waals surface area contributed by atoms with Crippen LogP contribution < -0.4 is 10.6 Å². The van der Waals surface area contributed by atoms with E-state index in [0.29, 0.717) is 6.54 Å². The molecule has 0 saturated heterocycles. The zero-order chi connectivity index (χ0) is 14.6. The van der Waals surface area contributed by atoms with Gasteiger partial charge in [0.25, 0.3) is 0 Å². The van der Waals surface area contributed by atoms with Crippen LogP contribution >= 0.6 is 0 Å². The molecule has 2 nitrogen and oxygen atoms in total. The van der Waals surface area contributed by atoms with Crippen LogP contribution in [0.4, 0.5) is 24.5 Å². The minimum atomic E-state index is -4.28. The molecule has 0 aromatic heterocycles. The van der Waals surface area contributed by atoms with Crippen molar-refractivity contribution in [1.82, 2.24) is 0 Å². The molecule has 2 rings (SSSR count). The summed E-state index contributed by atoms with van der Waals surface area (Å²) in [5, 5.41) is 6.18. The van der Waals surface area contributed by atoms with Crippen LogP contribution in [0.25, 0.3) is 0 Å². The van der Waals surface area contributed by atoms with Crippen molar-refractivity contribution >= 4 is 11.4 Å². The zero-order valence-corrected chi connectivity index (χ0v) is 11.0. The normalized spacial score (nSPS) is 11.2. The van der Waals surface area contributed by atoms with Crippen molar-refractivity contribution in [2.24, 2.45) is 0 Å². The fraction of sp³-hybridized carbons (Fsp3) is 0.200. The number of alkyl halides is 3. The third-order valence-electron chi connectivity index (χ3n) is 2.95. The lowest BCUT2D eigenvalue weighted by atomic mass is 10.1. The van der Waals surface area contributed by atoms with Gasteiger partial charge in [0.1, 0.15) is 0 Å². The maximum Gasteiger partial charge on any atom is 0.416 e. The van der Waals surface area contributed by atoms with E-state index < -0.39 is 11.7 Å². The van der Waals surface area contributed by atoms with Crippen LogP contribution in [0.5, 0.6) is 0 Å². The molecular formula is C15H15F3N2. The van der Waals surface area contributed by atoms with E-state index in [9.17, 15) is 13.2 Å². The van der Waals surface area contributed by atoms with Crippen molar-refractivity contribution in [2.75, 3.05) is 17.7 Å². The van der Waals surface area contributed by atoms with Gasteiger partial charge in [0.15, 0.2) is 0 Å². The fourth-order valence-corrected chi connectivity index (χ4v) is 1.77. The van der Waals surface area contributed by atoms with Crippen LogP contribution in [0, 0.1) is 0 Å². The number of hydrogen-bond acceptors (Lipinski definition) is 2. The molecule has 0 aliphatic carbocycles. The molecule has 20 heavy (non-hydrogen) atoms. The molecule has 0 aliphatic rings. The summed E-state index contributed by atoms with van der Waals surface area (Å²) in [6.45, 7) is 0.483. The Labute approximate surface area is 115 Å². The van der Waals surface area contributed by atoms with E-state index in [1.54, 1.807) is 0 Å². The number of nitrogens with one attached hydrogen (secondary N) is 2. The van der Waals surface area contributed by atoms with Gasteiger partial charge >= 0.3 is 6.18 Å². The first kappa shape index (κ1) is 14.2. The Morgan fingerprint density at radius 2 is 1.40 bits per heavy atom. The van der Waals surface area contributed by atoms with Gasteiger partial charge in [0.05, 0.1) is 5.56 Å². The Hall–Kier alpha value is -2.17. The zero-order valence-electron chi connectivity index (χ0n) is 11.0. The number of hydrogen-bond donors (Lipinski definition) is 2. The van der Waals surface area contributed by atoms with Crippen LogP contribution in [0.2, 0.25) is 0 Å². The van der Waals surface area contributed by atoms with Crippen molar-refractivity contribution < 1.29 is 13.2 Å². The van der Waals surface area contributed by atoms with E-state index in [0.717, 1.165) is 29.1 Å². The molecule has 106 valence electrons. The van der Waals surface area contributed by atoms with E-state index in [2.05, 4.69) is 10.6 Å². The highest BCUT2D eigenvalue weighted by Crippen LogP contribution is 2.29. The van der Waals surface area contributed by atoms with Crippen molar-refractivity contribution in [3.8, 4) is 0 Å². The topological polar surface area (TPSA) is 24.1 Å². The summed E-state index contributed by atoms with van der Waals surface area (Å²) in [6, 6.07) is 12.8. The number of halogens is 3. The first-order valence-electron chi connectivity index (χ1n) is 6.17. The Balaban J connectivity index is 1.96. The second-order valence-electron chi connectivity index (χ2n) is 4.38. The second-order valence-corrected chi connectivity index (χ2v) is 4.38. The van der Waals surface area contributed by atoms with Gasteiger partial charge in [-0.1, -0.05) is 12.1 Å². The minimum Gasteiger partial charge on any atom is -0.388 e. The summed E-state index contributed by atoms with van der Waals surface area (Å²) >= 11 is 0. The Morgan fingerprint density at radius 1 is 0.850 bits per heavy atom. The molecule has 2 N–H and O–H groups in total. The third-order valence-corrected chi connectivity index (χ3v) is 2.95. The average Bonchev–Trinajstić information content (AvgIpc) is 2.45. The Kier molecular flexibility index (Phi) is 4.17. The molecule has 0 aliphatic heterocycles. The molecule has 0 radical (unpaired) electrons. The Bertz CT molecular complexity index is 545. The molecule has 2 aromatic rings. The molecule has 0 atom stereocenters. The van der Waals surface area contributed by atoms with E-state index in [1.807, 2.05) is 31.3 Å². The van der Waals surface area contributed by atoms with Gasteiger partial charge in [0, 0.05) is 25.0 Å². The summed E-state index contributed by atoms with van der Waals surface area (Å²) in [5.74, 6) is 0. The lowest BCUT2D eigenvalue weighted by Crippen LogP contribution is -2.05. The molecule has 2 aromatic carbocycles. The molecule has 0 heterocycles. The molecule has 0 unspecified atom stereocenters. The maximum absolute atomic E-state index is 12.4. The van der Waals surface area contributed by atoms with Gasteiger partial charge in [-0.25, -0.2) is 0 Å². The van der Waals surface area contributed by atoms with E-state index in [1.165, 1.54) is 12.1 Å². The van der Waals surface area contributed by atoms with Gasteiger partial charge in [-0.3, -0.25) is 0 Å². The van der Waals surface area contributed by atoms with Crippen molar-refractivity contribution in [3.63, 3.8) is 0 Å². The predicted octanol–water partition coefficient (Wildman–Crippen LogP) is 4.36. The summed E-state index contributed by atoms with van der Waals surface area (Å²) in [5.41, 5.74) is 2.10. The molecule has 0 bridgehead atoms. The molecule has 0 spiro atoms. The monoisotopic (exact) mass is 280 g/mol. The Morgan fingerprint density at radius 3 is 1.90 bits per heavy atom. The van der Waals surface area contributed by atoms with Gasteiger partial charge in [0.2, 0.25) is 0 Å². The standard InChI is InChI=1S/C15H15F3N2/c1-19-13-6-8-14(9-7-13)20-10-11-2-4-12(5-3-11)15(16,17)18/h2-9,19-20H,10H2,1H3. The van der Waals surface area contributed by atoms with Crippen molar-refractivity contribution in [1.29, 1.82) is 0 Å². The quantitative estimate of drug-likeness (QED) is 0.869. The van der Waals surface area contributed by atoms with E-state index >= 15 is 0 Å².